The molecule has 1 fully saturated rings. The van der Waals surface area contributed by atoms with Gasteiger partial charge in [-0.2, -0.15) is 0 Å². The molecule has 0 aromatic heterocycles. The Kier molecular flexibility index (Phi) is 4.89. The van der Waals surface area contributed by atoms with E-state index in [2.05, 4.69) is 35.4 Å². The molecular formula is C14H21NOS. The van der Waals surface area contributed by atoms with E-state index in [1.165, 1.54) is 10.5 Å². The van der Waals surface area contributed by atoms with Crippen molar-refractivity contribution in [3.63, 3.8) is 0 Å². The van der Waals surface area contributed by atoms with E-state index < -0.39 is 0 Å². The van der Waals surface area contributed by atoms with E-state index in [9.17, 15) is 0 Å². The summed E-state index contributed by atoms with van der Waals surface area (Å²) in [5.41, 5.74) is 1.39. The van der Waals surface area contributed by atoms with Gasteiger partial charge in [-0.1, -0.05) is 12.1 Å². The van der Waals surface area contributed by atoms with Crippen molar-refractivity contribution in [3.8, 4) is 0 Å². The molecule has 0 bridgehead atoms. The quantitative estimate of drug-likeness (QED) is 0.832. The lowest BCUT2D eigenvalue weighted by atomic mass is 9.97. The molecule has 0 amide bonds. The van der Waals surface area contributed by atoms with Crippen molar-refractivity contribution >= 4 is 11.8 Å². The van der Waals surface area contributed by atoms with Crippen LogP contribution in [-0.2, 0) is 6.54 Å². The molecule has 0 atom stereocenters. The molecule has 94 valence electrons. The maximum absolute atomic E-state index is 9.10. The van der Waals surface area contributed by atoms with Crippen molar-refractivity contribution in [2.24, 2.45) is 5.92 Å². The van der Waals surface area contributed by atoms with E-state index in [4.69, 9.17) is 5.11 Å². The van der Waals surface area contributed by atoms with Crippen LogP contribution in [0.1, 0.15) is 18.4 Å². The molecule has 1 aromatic carbocycles. The van der Waals surface area contributed by atoms with Crippen molar-refractivity contribution < 1.29 is 5.11 Å². The Morgan fingerprint density at radius 1 is 1.24 bits per heavy atom. The molecule has 1 aromatic rings. The van der Waals surface area contributed by atoms with Crippen LogP contribution in [0.4, 0.5) is 0 Å². The van der Waals surface area contributed by atoms with Crippen molar-refractivity contribution in [3.05, 3.63) is 29.8 Å². The summed E-state index contributed by atoms with van der Waals surface area (Å²) >= 11 is 1.79. The van der Waals surface area contributed by atoms with Gasteiger partial charge in [0.1, 0.15) is 0 Å². The average molecular weight is 251 g/mol. The third kappa shape index (κ3) is 3.73. The lowest BCUT2D eigenvalue weighted by Gasteiger charge is -2.31. The Hall–Kier alpha value is -0.510. The van der Waals surface area contributed by atoms with Gasteiger partial charge in [0.05, 0.1) is 0 Å². The van der Waals surface area contributed by atoms with Gasteiger partial charge in [0.15, 0.2) is 0 Å². The fourth-order valence-corrected chi connectivity index (χ4v) is 2.72. The number of rotatable bonds is 4. The van der Waals surface area contributed by atoms with E-state index in [0.29, 0.717) is 12.5 Å². The van der Waals surface area contributed by atoms with Crippen LogP contribution in [-0.4, -0.2) is 36.0 Å². The van der Waals surface area contributed by atoms with Crippen molar-refractivity contribution in [2.45, 2.75) is 24.3 Å². The Morgan fingerprint density at radius 2 is 1.88 bits per heavy atom. The summed E-state index contributed by atoms with van der Waals surface area (Å²) in [6.45, 7) is 3.65. The van der Waals surface area contributed by atoms with Gasteiger partial charge in [0, 0.05) is 18.0 Å². The van der Waals surface area contributed by atoms with Gasteiger partial charge in [-0.15, -0.1) is 11.8 Å². The summed E-state index contributed by atoms with van der Waals surface area (Å²) < 4.78 is 0. The Balaban J connectivity index is 1.84. The molecule has 0 radical (unpaired) electrons. The highest BCUT2D eigenvalue weighted by molar-refractivity contribution is 7.98. The fraction of sp³-hybridized carbons (Fsp3) is 0.571. The van der Waals surface area contributed by atoms with Crippen molar-refractivity contribution in [1.29, 1.82) is 0 Å². The van der Waals surface area contributed by atoms with Gasteiger partial charge in [-0.3, -0.25) is 4.90 Å². The van der Waals surface area contributed by atoms with Crippen LogP contribution in [0.3, 0.4) is 0 Å². The number of aliphatic hydroxyl groups excluding tert-OH is 1. The SMILES string of the molecule is CSc1ccc(CN2CCC(CO)CC2)cc1. The van der Waals surface area contributed by atoms with Gasteiger partial charge >= 0.3 is 0 Å². The molecule has 17 heavy (non-hydrogen) atoms. The van der Waals surface area contributed by atoms with E-state index >= 15 is 0 Å². The van der Waals surface area contributed by atoms with E-state index in [-0.39, 0.29) is 0 Å². The third-order valence-corrected chi connectivity index (χ3v) is 4.27. The summed E-state index contributed by atoms with van der Waals surface area (Å²) in [6, 6.07) is 8.84. The predicted octanol–water partition coefficient (Wildman–Crippen LogP) is 2.61. The van der Waals surface area contributed by atoms with E-state index in [0.717, 1.165) is 32.5 Å². The molecule has 1 saturated heterocycles. The van der Waals surface area contributed by atoms with Gasteiger partial charge < -0.3 is 5.11 Å². The zero-order valence-corrected chi connectivity index (χ0v) is 11.2. The minimum atomic E-state index is 0.357. The highest BCUT2D eigenvalue weighted by Crippen LogP contribution is 2.20. The number of likely N-dealkylation sites (tertiary alicyclic amines) is 1. The minimum Gasteiger partial charge on any atom is -0.396 e. The molecule has 0 spiro atoms. The zero-order chi connectivity index (χ0) is 12.1. The first kappa shape index (κ1) is 12.9. The molecule has 0 unspecified atom stereocenters. The average Bonchev–Trinajstić information content (AvgIpc) is 2.40. The van der Waals surface area contributed by atoms with Gasteiger partial charge in [-0.25, -0.2) is 0 Å². The Morgan fingerprint density at radius 3 is 2.41 bits per heavy atom. The van der Waals surface area contributed by atoms with Gasteiger partial charge in [0.2, 0.25) is 0 Å². The number of hydrogen-bond acceptors (Lipinski definition) is 3. The number of aliphatic hydroxyl groups is 1. The third-order valence-electron chi connectivity index (χ3n) is 3.53. The molecule has 0 saturated carbocycles. The minimum absolute atomic E-state index is 0.357. The second-order valence-corrected chi connectivity index (χ2v) is 5.63. The zero-order valence-electron chi connectivity index (χ0n) is 10.4. The molecule has 2 nitrogen and oxygen atoms in total. The number of thioether (sulfide) groups is 1. The van der Waals surface area contributed by atoms with Crippen LogP contribution >= 0.6 is 11.8 Å². The topological polar surface area (TPSA) is 23.5 Å². The number of benzene rings is 1. The summed E-state index contributed by atoms with van der Waals surface area (Å²) in [5, 5.41) is 9.10. The van der Waals surface area contributed by atoms with Crippen LogP contribution in [0, 0.1) is 5.92 Å². The smallest absolute Gasteiger partial charge is 0.0460 e. The number of nitrogens with zero attached hydrogens (tertiary/aromatic N) is 1. The molecule has 1 aliphatic rings. The van der Waals surface area contributed by atoms with Crippen molar-refractivity contribution in [2.75, 3.05) is 26.0 Å². The highest BCUT2D eigenvalue weighted by Gasteiger charge is 2.18. The normalized spacial score (nSPS) is 18.5. The van der Waals surface area contributed by atoms with Gasteiger partial charge in [0.25, 0.3) is 0 Å². The second-order valence-electron chi connectivity index (χ2n) is 4.75. The monoisotopic (exact) mass is 251 g/mol. The molecule has 2 rings (SSSR count). The van der Waals surface area contributed by atoms with E-state index in [1.54, 1.807) is 11.8 Å². The molecule has 1 heterocycles. The van der Waals surface area contributed by atoms with E-state index in [1.807, 2.05) is 0 Å². The maximum atomic E-state index is 9.10. The summed E-state index contributed by atoms with van der Waals surface area (Å²) in [4.78, 5) is 3.81. The summed E-state index contributed by atoms with van der Waals surface area (Å²) in [7, 11) is 0. The lowest BCUT2D eigenvalue weighted by Crippen LogP contribution is -2.34. The number of hydrogen-bond donors (Lipinski definition) is 1. The first-order chi connectivity index (χ1) is 8.31. The molecular weight excluding hydrogens is 230 g/mol. The van der Waals surface area contributed by atoms with Gasteiger partial charge in [-0.05, 0) is 55.8 Å². The predicted molar refractivity (Wildman–Crippen MR) is 73.3 cm³/mol. The van der Waals surface area contributed by atoms with Crippen LogP contribution in [0.25, 0.3) is 0 Å². The molecule has 0 aliphatic carbocycles. The largest absolute Gasteiger partial charge is 0.396 e. The van der Waals surface area contributed by atoms with Crippen LogP contribution in [0.2, 0.25) is 0 Å². The second kappa shape index (κ2) is 6.43. The molecule has 1 aliphatic heterocycles. The number of piperidine rings is 1. The van der Waals surface area contributed by atoms with Crippen LogP contribution < -0.4 is 0 Å². The molecule has 1 N–H and O–H groups in total. The standard InChI is InChI=1S/C14H21NOS/c1-17-14-4-2-12(3-5-14)10-15-8-6-13(11-16)7-9-15/h2-5,13,16H,6-11H2,1H3. The fourth-order valence-electron chi connectivity index (χ4n) is 2.32. The molecule has 3 heteroatoms. The maximum Gasteiger partial charge on any atom is 0.0460 e. The van der Waals surface area contributed by atoms with Crippen LogP contribution in [0.15, 0.2) is 29.2 Å². The lowest BCUT2D eigenvalue weighted by molar-refractivity contribution is 0.127. The Bertz CT molecular complexity index is 331. The van der Waals surface area contributed by atoms with Crippen LogP contribution in [0.5, 0.6) is 0 Å². The first-order valence-corrected chi connectivity index (χ1v) is 7.50. The Labute approximate surface area is 108 Å². The highest BCUT2D eigenvalue weighted by atomic mass is 32.2. The van der Waals surface area contributed by atoms with Crippen molar-refractivity contribution in [1.82, 2.24) is 4.90 Å². The first-order valence-electron chi connectivity index (χ1n) is 6.28. The summed E-state index contributed by atoms with van der Waals surface area (Å²) in [6.07, 6.45) is 4.38. The summed E-state index contributed by atoms with van der Waals surface area (Å²) in [5.74, 6) is 0.533.